The number of halogens is 2. The largest absolute Gasteiger partial charge is 0.340 e. The zero-order valence-corrected chi connectivity index (χ0v) is 24.1. The van der Waals surface area contributed by atoms with Crippen molar-refractivity contribution < 1.29 is 4.79 Å². The molecular weight excluding hydrogens is 491 g/mol. The molecule has 2 heterocycles. The van der Waals surface area contributed by atoms with Gasteiger partial charge in [-0.2, -0.15) is 5.10 Å². The van der Waals surface area contributed by atoms with E-state index in [9.17, 15) is 4.79 Å². The first-order chi connectivity index (χ1) is 16.6. The molecule has 2 aromatic rings. The number of aryl methyl sites for hydroxylation is 1. The zero-order valence-electron chi connectivity index (χ0n) is 22.5. The topological polar surface area (TPSA) is 41.4 Å². The number of amides is 1. The maximum atomic E-state index is 13.3. The quantitative estimate of drug-likeness (QED) is 0.350. The van der Waals surface area contributed by atoms with Gasteiger partial charge in [-0.05, 0) is 64.0 Å². The number of carbonyl (C=O) groups excluding carboxylic acids is 1. The Labute approximate surface area is 230 Å². The van der Waals surface area contributed by atoms with Crippen LogP contribution >= 0.6 is 24.8 Å². The van der Waals surface area contributed by atoms with E-state index >= 15 is 0 Å². The summed E-state index contributed by atoms with van der Waals surface area (Å²) in [5, 5.41) is 4.84. The minimum absolute atomic E-state index is 0. The second kappa shape index (κ2) is 15.0. The van der Waals surface area contributed by atoms with E-state index < -0.39 is 0 Å². The maximum Gasteiger partial charge on any atom is 0.223 e. The Morgan fingerprint density at radius 2 is 1.67 bits per heavy atom. The number of aromatic nitrogens is 2. The summed E-state index contributed by atoms with van der Waals surface area (Å²) < 4.78 is 2.08. The average Bonchev–Trinajstić information content (AvgIpc) is 3.14. The van der Waals surface area contributed by atoms with Gasteiger partial charge in [0.25, 0.3) is 0 Å². The predicted molar refractivity (Wildman–Crippen MR) is 154 cm³/mol. The molecule has 5 nitrogen and oxygen atoms in total. The molecule has 0 spiro atoms. The fourth-order valence-electron chi connectivity index (χ4n) is 5.93. The highest BCUT2D eigenvalue weighted by molar-refractivity contribution is 5.85. The fraction of sp³-hybridized carbons (Fsp3) is 0.655. The van der Waals surface area contributed by atoms with Gasteiger partial charge in [0.1, 0.15) is 0 Å². The summed E-state index contributed by atoms with van der Waals surface area (Å²) in [6, 6.07) is 10.8. The Hall–Kier alpha value is -1.56. The summed E-state index contributed by atoms with van der Waals surface area (Å²) in [5.74, 6) is 1.05. The van der Waals surface area contributed by atoms with Crippen LogP contribution in [0, 0.1) is 19.8 Å². The number of hydrogen-bond donors (Lipinski definition) is 0. The number of benzene rings is 1. The minimum Gasteiger partial charge on any atom is -0.340 e. The second-order valence-corrected chi connectivity index (χ2v) is 10.6. The molecule has 0 radical (unpaired) electrons. The van der Waals surface area contributed by atoms with Gasteiger partial charge in [0.05, 0.1) is 11.4 Å². The van der Waals surface area contributed by atoms with E-state index in [4.69, 9.17) is 5.10 Å². The van der Waals surface area contributed by atoms with Crippen LogP contribution in [-0.2, 0) is 11.3 Å². The van der Waals surface area contributed by atoms with E-state index in [1.807, 2.05) is 6.07 Å². The Kier molecular flexibility index (Phi) is 12.8. The molecule has 0 unspecified atom stereocenters. The lowest BCUT2D eigenvalue weighted by atomic mass is 9.86. The van der Waals surface area contributed by atoms with Gasteiger partial charge in [-0.1, -0.05) is 50.8 Å². The Bertz CT molecular complexity index is 919. The van der Waals surface area contributed by atoms with Crippen molar-refractivity contribution in [2.45, 2.75) is 97.6 Å². The molecule has 1 saturated carbocycles. The highest BCUT2D eigenvalue weighted by Gasteiger charge is 2.30. The molecular formula is C29H46Cl2N4O. The monoisotopic (exact) mass is 536 g/mol. The molecule has 0 N–H and O–H groups in total. The van der Waals surface area contributed by atoms with Gasteiger partial charge in [0.2, 0.25) is 5.91 Å². The standard InChI is InChI=1S/C29H44N4O.2ClH/c1-4-5-18-32(29(34)21-25-12-8-6-9-13-25)26-16-19-31(20-17-26)22-28-23(2)30-33(24(28)3)27-14-10-7-11-15-27;;/h7,10-11,14-15,25-26H,4-6,8-9,12-13,16-22H2,1-3H3;2*1H. The molecule has 1 aliphatic heterocycles. The third-order valence-corrected chi connectivity index (χ3v) is 8.08. The summed E-state index contributed by atoms with van der Waals surface area (Å²) in [7, 11) is 0. The van der Waals surface area contributed by atoms with E-state index in [0.717, 1.165) is 69.7 Å². The van der Waals surface area contributed by atoms with Gasteiger partial charge < -0.3 is 4.90 Å². The lowest BCUT2D eigenvalue weighted by Gasteiger charge is -2.39. The number of hydrogen-bond acceptors (Lipinski definition) is 3. The zero-order chi connectivity index (χ0) is 23.9. The molecule has 0 bridgehead atoms. The molecule has 4 rings (SSSR count). The number of piperidine rings is 1. The number of carbonyl (C=O) groups is 1. The summed E-state index contributed by atoms with van der Waals surface area (Å²) in [5.41, 5.74) is 4.82. The van der Waals surface area contributed by atoms with Gasteiger partial charge in [-0.15, -0.1) is 24.8 Å². The van der Waals surface area contributed by atoms with Crippen molar-refractivity contribution in [3.05, 3.63) is 47.3 Å². The third-order valence-electron chi connectivity index (χ3n) is 8.08. The molecule has 1 amide bonds. The molecule has 2 fully saturated rings. The van der Waals surface area contributed by atoms with Crippen molar-refractivity contribution >= 4 is 30.7 Å². The Morgan fingerprint density at radius 1 is 1.00 bits per heavy atom. The predicted octanol–water partition coefficient (Wildman–Crippen LogP) is 6.90. The lowest BCUT2D eigenvalue weighted by molar-refractivity contribution is -0.136. The lowest BCUT2D eigenvalue weighted by Crippen LogP contribution is -2.48. The molecule has 1 aliphatic carbocycles. The van der Waals surface area contributed by atoms with E-state index in [-0.39, 0.29) is 24.8 Å². The normalized spacial score (nSPS) is 17.3. The van der Waals surface area contributed by atoms with E-state index in [1.54, 1.807) is 0 Å². The van der Waals surface area contributed by atoms with Gasteiger partial charge in [-0.3, -0.25) is 9.69 Å². The number of likely N-dealkylation sites (tertiary alicyclic amines) is 1. The number of unbranched alkanes of at least 4 members (excludes halogenated alkanes) is 1. The van der Waals surface area contributed by atoms with Gasteiger partial charge in [0, 0.05) is 49.9 Å². The fourth-order valence-corrected chi connectivity index (χ4v) is 5.93. The van der Waals surface area contributed by atoms with Crippen LogP contribution in [0.25, 0.3) is 5.69 Å². The van der Waals surface area contributed by atoms with Crippen LogP contribution in [0.1, 0.15) is 88.1 Å². The van der Waals surface area contributed by atoms with Gasteiger partial charge >= 0.3 is 0 Å². The summed E-state index contributed by atoms with van der Waals surface area (Å²) in [6.07, 6.45) is 11.7. The van der Waals surface area contributed by atoms with Crippen LogP contribution in [-0.4, -0.2) is 51.2 Å². The van der Waals surface area contributed by atoms with Crippen molar-refractivity contribution in [3.63, 3.8) is 0 Å². The first kappa shape index (κ1) is 30.7. The van der Waals surface area contributed by atoms with Crippen molar-refractivity contribution in [2.75, 3.05) is 19.6 Å². The van der Waals surface area contributed by atoms with Gasteiger partial charge in [0.15, 0.2) is 0 Å². The van der Waals surface area contributed by atoms with E-state index in [0.29, 0.717) is 17.9 Å². The maximum absolute atomic E-state index is 13.3. The molecule has 1 aromatic carbocycles. The molecule has 36 heavy (non-hydrogen) atoms. The van der Waals surface area contributed by atoms with Crippen molar-refractivity contribution in [3.8, 4) is 5.69 Å². The van der Waals surface area contributed by atoms with E-state index in [1.165, 1.54) is 43.4 Å². The summed E-state index contributed by atoms with van der Waals surface area (Å²) in [6.45, 7) is 10.5. The van der Waals surface area contributed by atoms with Crippen molar-refractivity contribution in [1.29, 1.82) is 0 Å². The van der Waals surface area contributed by atoms with Crippen molar-refractivity contribution in [1.82, 2.24) is 19.6 Å². The number of rotatable bonds is 9. The van der Waals surface area contributed by atoms with Crippen LogP contribution in [0.15, 0.2) is 30.3 Å². The smallest absolute Gasteiger partial charge is 0.223 e. The van der Waals surface area contributed by atoms with E-state index in [2.05, 4.69) is 59.5 Å². The minimum atomic E-state index is 0. The van der Waals surface area contributed by atoms with Crippen LogP contribution < -0.4 is 0 Å². The Balaban J connectivity index is 0.00000228. The Morgan fingerprint density at radius 3 is 2.31 bits per heavy atom. The highest BCUT2D eigenvalue weighted by atomic mass is 35.5. The molecule has 1 aromatic heterocycles. The number of nitrogens with zero attached hydrogens (tertiary/aromatic N) is 4. The first-order valence-electron chi connectivity index (χ1n) is 13.7. The molecule has 0 atom stereocenters. The van der Waals surface area contributed by atoms with Crippen molar-refractivity contribution in [2.24, 2.45) is 5.92 Å². The third kappa shape index (κ3) is 7.72. The number of para-hydroxylation sites is 1. The first-order valence-corrected chi connectivity index (χ1v) is 13.7. The van der Waals surface area contributed by atoms with Crippen LogP contribution in [0.3, 0.4) is 0 Å². The van der Waals surface area contributed by atoms with Crippen LogP contribution in [0.4, 0.5) is 0 Å². The molecule has 2 aliphatic rings. The highest BCUT2D eigenvalue weighted by Crippen LogP contribution is 2.29. The summed E-state index contributed by atoms with van der Waals surface area (Å²) >= 11 is 0. The van der Waals surface area contributed by atoms with Crippen LogP contribution in [0.2, 0.25) is 0 Å². The average molecular weight is 538 g/mol. The summed E-state index contributed by atoms with van der Waals surface area (Å²) in [4.78, 5) is 18.2. The van der Waals surface area contributed by atoms with Gasteiger partial charge in [-0.25, -0.2) is 4.68 Å². The SMILES string of the molecule is CCCCN(C(=O)CC1CCCCC1)C1CCN(Cc2c(C)nn(-c3ccccc3)c2C)CC1.Cl.Cl. The molecule has 1 saturated heterocycles. The molecule has 7 heteroatoms. The molecule has 202 valence electrons. The second-order valence-electron chi connectivity index (χ2n) is 10.6. The van der Waals surface area contributed by atoms with Crippen LogP contribution in [0.5, 0.6) is 0 Å².